The highest BCUT2D eigenvalue weighted by atomic mass is 19.3. The van der Waals surface area contributed by atoms with Gasteiger partial charge in [0.15, 0.2) is 0 Å². The van der Waals surface area contributed by atoms with E-state index in [-0.39, 0.29) is 106 Å². The van der Waals surface area contributed by atoms with Crippen molar-refractivity contribution in [1.29, 1.82) is 15.8 Å². The molecule has 10 rings (SSSR count). The number of carbonyl (C=O) groups excluding carboxylic acids is 15. The number of likely N-dealkylation sites (tertiary alicyclic amines) is 3. The quantitative estimate of drug-likeness (QED) is 0.0175. The number of fused-ring (bicyclic) bond motifs is 3. The van der Waals surface area contributed by atoms with Crippen molar-refractivity contribution in [2.45, 2.75) is 150 Å². The number of para-hydroxylation sites is 3. The highest BCUT2D eigenvalue weighted by molar-refractivity contribution is 6.14. The normalized spacial score (nSPS) is 17.2. The molecule has 4 fully saturated rings. The average molecular weight is 2010 g/mol. The molecule has 4 aliphatic heterocycles. The molecule has 54 heteroatoms. The van der Waals surface area contributed by atoms with Crippen LogP contribution in [0, 0.1) is 34.0 Å². The number of carboxylic acid groups (broad SMARTS) is 4. The number of rotatable bonds is 47. The summed E-state index contributed by atoms with van der Waals surface area (Å²) in [6.45, 7) is -10.5. The average Bonchev–Trinajstić information content (AvgIpc) is 1.15. The lowest BCUT2D eigenvalue weighted by Gasteiger charge is -2.46. The van der Waals surface area contributed by atoms with Crippen LogP contribution in [0.2, 0.25) is 0 Å². The van der Waals surface area contributed by atoms with Gasteiger partial charge in [-0.2, -0.15) is 15.8 Å². The second-order valence-electron chi connectivity index (χ2n) is 33.9. The molecular weight excluding hydrogens is 1910 g/mol. The van der Waals surface area contributed by atoms with Crippen LogP contribution in [0.15, 0.2) is 91.4 Å². The summed E-state index contributed by atoms with van der Waals surface area (Å²) in [6, 6.07) is 12.5. The summed E-state index contributed by atoms with van der Waals surface area (Å²) in [5.41, 5.74) is 0.598. The second-order valence-corrected chi connectivity index (χ2v) is 33.9. The number of carboxylic acids is 4. The molecular formula is C90H101F6N25O23. The van der Waals surface area contributed by atoms with Gasteiger partial charge in [-0.1, -0.05) is 36.4 Å². The van der Waals surface area contributed by atoms with Crippen LogP contribution in [0.3, 0.4) is 0 Å². The van der Waals surface area contributed by atoms with Gasteiger partial charge in [0.2, 0.25) is 70.9 Å². The largest absolute Gasteiger partial charge is 0.480 e. The topological polar surface area (TPSA) is 682 Å². The molecule has 48 nitrogen and oxygen atoms in total. The lowest BCUT2D eigenvalue weighted by Crippen LogP contribution is -2.63. The van der Waals surface area contributed by atoms with E-state index in [0.29, 0.717) is 14.7 Å². The Morgan fingerprint density at radius 3 is 0.847 bits per heavy atom. The summed E-state index contributed by atoms with van der Waals surface area (Å²) in [5, 5.41) is 101. The molecule has 4 aliphatic rings. The third-order valence-electron chi connectivity index (χ3n) is 23.3. The minimum Gasteiger partial charge on any atom is -0.480 e. The van der Waals surface area contributed by atoms with Gasteiger partial charge in [0, 0.05) is 151 Å². The smallest absolute Gasteiger partial charge is 0.321 e. The first-order chi connectivity index (χ1) is 68.4. The fourth-order valence-electron chi connectivity index (χ4n) is 16.4. The zero-order valence-electron chi connectivity index (χ0n) is 76.9. The molecule has 6 atom stereocenters. The third kappa shape index (κ3) is 31.4. The van der Waals surface area contributed by atoms with Gasteiger partial charge in [0.25, 0.3) is 35.5 Å². The molecule has 4 saturated heterocycles. The number of halogens is 6. The van der Waals surface area contributed by atoms with Crippen molar-refractivity contribution in [2.24, 2.45) is 0 Å². The number of anilines is 3. The van der Waals surface area contributed by atoms with Crippen molar-refractivity contribution in [3.05, 3.63) is 108 Å². The van der Waals surface area contributed by atoms with E-state index < -0.39 is 335 Å². The van der Waals surface area contributed by atoms with E-state index in [4.69, 9.17) is 0 Å². The molecule has 6 aromatic rings. The zero-order chi connectivity index (χ0) is 105. The predicted molar refractivity (Wildman–Crippen MR) is 487 cm³/mol. The Bertz CT molecular complexity index is 5830. The molecule has 0 radical (unpaired) electrons. The van der Waals surface area contributed by atoms with Gasteiger partial charge in [-0.25, -0.2) is 26.3 Å². The van der Waals surface area contributed by atoms with Crippen molar-refractivity contribution in [3.8, 4) is 18.2 Å². The molecule has 3 aromatic heterocycles. The van der Waals surface area contributed by atoms with E-state index >= 15 is 0 Å². The Labute approximate surface area is 814 Å². The van der Waals surface area contributed by atoms with Crippen LogP contribution >= 0.6 is 0 Å². The Hall–Kier alpha value is -16.3. The number of pyridine rings is 3. The molecule has 0 saturated carbocycles. The van der Waals surface area contributed by atoms with Gasteiger partial charge in [0.05, 0.1) is 141 Å². The number of hydrogen-bond donors (Lipinski definition) is 16. The van der Waals surface area contributed by atoms with Crippen LogP contribution in [0.1, 0.15) is 127 Å². The first-order valence-corrected chi connectivity index (χ1v) is 45.0. The molecule has 7 heterocycles. The predicted octanol–water partition coefficient (Wildman–Crippen LogP) is -0.110. The number of benzene rings is 3. The van der Waals surface area contributed by atoms with Crippen LogP contribution in [0.25, 0.3) is 32.7 Å². The summed E-state index contributed by atoms with van der Waals surface area (Å²) in [6.07, 6.45) is -4.88. The van der Waals surface area contributed by atoms with Gasteiger partial charge >= 0.3 is 23.9 Å². The van der Waals surface area contributed by atoms with E-state index in [1.165, 1.54) is 91.4 Å². The van der Waals surface area contributed by atoms with Crippen LogP contribution in [-0.2, 0) is 76.7 Å². The van der Waals surface area contributed by atoms with Gasteiger partial charge in [-0.15, -0.1) is 0 Å². The second kappa shape index (κ2) is 50.7. The van der Waals surface area contributed by atoms with Crippen molar-refractivity contribution in [1.82, 2.24) is 97.1 Å². The maximum Gasteiger partial charge on any atom is 0.321 e. The first-order valence-electron chi connectivity index (χ1n) is 45.0. The maximum atomic E-state index is 14.0. The molecule has 0 spiro atoms. The van der Waals surface area contributed by atoms with Crippen molar-refractivity contribution >= 4 is 162 Å². The zero-order valence-corrected chi connectivity index (χ0v) is 76.9. The van der Waals surface area contributed by atoms with Crippen LogP contribution in [0.4, 0.5) is 43.4 Å². The highest BCUT2D eigenvalue weighted by Gasteiger charge is 2.50. The molecule has 0 aliphatic carbocycles. The van der Waals surface area contributed by atoms with Crippen LogP contribution in [-0.4, -0.2) is 348 Å². The van der Waals surface area contributed by atoms with Crippen LogP contribution < -0.4 is 63.8 Å². The van der Waals surface area contributed by atoms with Crippen molar-refractivity contribution in [3.63, 3.8) is 0 Å². The highest BCUT2D eigenvalue weighted by Crippen LogP contribution is 2.36. The minimum atomic E-state index is -3.30. The van der Waals surface area contributed by atoms with Gasteiger partial charge in [-0.05, 0) is 55.7 Å². The van der Waals surface area contributed by atoms with E-state index in [2.05, 4.69) is 78.8 Å². The summed E-state index contributed by atoms with van der Waals surface area (Å²) < 4.78 is 84.1. The lowest BCUT2D eigenvalue weighted by molar-refractivity contribution is -0.160. The van der Waals surface area contributed by atoms with E-state index in [0.717, 1.165) is 19.6 Å². The number of aromatic nitrogens is 3. The van der Waals surface area contributed by atoms with E-state index in [1.807, 2.05) is 0 Å². The van der Waals surface area contributed by atoms with Crippen molar-refractivity contribution < 1.29 is 138 Å². The standard InChI is InChI=1S/C90H101F6N25O23/c91-88(92)34-51(37-97)119(44-88)75(131)40-109-82(136)57-22-25-106-79-54(57)4-1-7-60(79)112-72(128)19-16-69(125)103-31-28-100-66(122)13-10-63(85(139)140)116-47-115(43-78(134)135)48-117(64(86(141)142)11-14-67(123)101-29-32-104-70(126)17-20-73(129)113-61-8-2-5-55-58(23-26-107-80(55)61)83(137)110-41-76(132)120-45-89(93,94)35-52(120)38-98)50-118(49-116)65(87(143)144)12-15-68(124)102-30-33-105-71(127)18-21-74(130)114-62-9-3-6-56-59(24-27-108-81(56)62)84(138)111-42-77(133)121-46-90(95,96)36-53(121)39-99/h1-9,22-27,51-53,63-65H,10-21,28-36,40-50H2,(H,100,122)(H,101,123)(H,102,124)(H,103,125)(H,104,126)(H,105,127)(H,109,136)(H,110,137)(H,111,138)(H,112,128)(H,113,129)(H,114,130)(H,134,135)(H,139,140)(H,141,142)(H,143,144)/t51?,52?,53-,63?,64?,65?/m0/s1. The summed E-state index contributed by atoms with van der Waals surface area (Å²) in [4.78, 5) is 270. The number of hydrogen-bond acceptors (Lipinski definition) is 29. The number of amides is 15. The van der Waals surface area contributed by atoms with Gasteiger partial charge < -0.3 is 98.9 Å². The van der Waals surface area contributed by atoms with E-state index in [9.17, 15) is 154 Å². The summed E-state index contributed by atoms with van der Waals surface area (Å²) in [5.74, 6) is -28.0. The number of aliphatic carboxylic acids is 4. The fraction of sp³-hybridized carbons (Fsp3) is 0.456. The summed E-state index contributed by atoms with van der Waals surface area (Å²) in [7, 11) is 0. The lowest BCUT2D eigenvalue weighted by atomic mass is 10.1. The Morgan fingerprint density at radius 1 is 0.347 bits per heavy atom. The van der Waals surface area contributed by atoms with E-state index in [1.54, 1.807) is 18.2 Å². The summed E-state index contributed by atoms with van der Waals surface area (Å²) >= 11 is 0. The fourth-order valence-corrected chi connectivity index (χ4v) is 16.4. The van der Waals surface area contributed by atoms with Crippen molar-refractivity contribution in [2.75, 3.05) is 128 Å². The number of carbonyl (C=O) groups is 19. The SMILES string of the molecule is N#CC1CC(F)(F)CN1C(=O)CNC(=O)c1ccnc2c(NC(=O)CCC(=O)NCCNC(=O)CCC(C(=O)O)N3CN(CC(=O)O)CN(C(CCC(=O)NCCNC(=O)CCC(=O)Nc4cccc5c(C(=O)NCC(=O)N6CC(F)(F)CC6C#N)ccnc45)C(=O)O)CN(C(CCC(=O)NCCNC(=O)CCC(=O)Nc4cccc5c(C(=O)NCC(=O)N6CC(F)(F)C[C@H]6C#N)ccnc45)C(=O)O)C3)cccc12. The third-order valence-corrected chi connectivity index (χ3v) is 23.3. The first kappa shape index (κ1) is 110. The molecule has 766 valence electrons. The van der Waals surface area contributed by atoms with Gasteiger partial charge in [0.1, 0.15) is 36.3 Å². The number of nitrogens with one attached hydrogen (secondary N) is 12. The Morgan fingerprint density at radius 2 is 0.597 bits per heavy atom. The molecule has 15 amide bonds. The molecule has 3 aromatic carbocycles. The molecule has 16 N–H and O–H groups in total. The van der Waals surface area contributed by atoms with Gasteiger partial charge in [-0.3, -0.25) is 126 Å². The number of nitriles is 3. The Kier molecular flexibility index (Phi) is 38.6. The Balaban J connectivity index is 0.721. The maximum absolute atomic E-state index is 14.0. The molecule has 0 bridgehead atoms. The molecule has 144 heavy (non-hydrogen) atoms. The molecule has 5 unspecified atom stereocenters. The van der Waals surface area contributed by atoms with Crippen LogP contribution in [0.5, 0.6) is 0 Å². The minimum absolute atomic E-state index is 0.0173. The monoisotopic (exact) mass is 2010 g/mol. The number of nitrogens with zero attached hydrogens (tertiary/aromatic N) is 13. The number of alkyl halides is 6.